The van der Waals surface area contributed by atoms with Crippen LogP contribution in [0.5, 0.6) is 0 Å². The molecule has 0 radical (unpaired) electrons. The molecule has 0 bridgehead atoms. The van der Waals surface area contributed by atoms with Crippen LogP contribution in [0.4, 0.5) is 11.4 Å². The Balaban J connectivity index is 2.19. The Morgan fingerprint density at radius 1 is 1.29 bits per heavy atom. The molecule has 1 aromatic carbocycles. The van der Waals surface area contributed by atoms with Crippen molar-refractivity contribution in [2.45, 2.75) is 13.5 Å². The zero-order valence-electron chi connectivity index (χ0n) is 11.8. The fourth-order valence-corrected chi connectivity index (χ4v) is 1.82. The minimum absolute atomic E-state index is 0.347. The molecule has 0 atom stereocenters. The molecule has 1 amide bonds. The van der Waals surface area contributed by atoms with Crippen LogP contribution in [0.1, 0.15) is 5.56 Å². The number of aromatic nitrogens is 2. The van der Waals surface area contributed by atoms with Gasteiger partial charge in [0, 0.05) is 30.7 Å². The van der Waals surface area contributed by atoms with Gasteiger partial charge in [-0.2, -0.15) is 0 Å². The third-order valence-corrected chi connectivity index (χ3v) is 3.10. The number of hydrogen-bond donors (Lipinski definition) is 2. The molecule has 0 fully saturated rings. The van der Waals surface area contributed by atoms with Gasteiger partial charge in [0.15, 0.2) is 0 Å². The standard InChI is InChI=1S/C14H16N4O3/c1-9-3-4-10(7-11(9)15)16-12(19)8-18-13(20)5-6-17(2)14(18)21/h3-7H,8,15H2,1-2H3,(H,16,19). The van der Waals surface area contributed by atoms with Gasteiger partial charge in [-0.3, -0.25) is 14.2 Å². The number of nitrogen functional groups attached to an aromatic ring is 1. The van der Waals surface area contributed by atoms with Crippen LogP contribution in [0.3, 0.4) is 0 Å². The van der Waals surface area contributed by atoms with E-state index < -0.39 is 17.2 Å². The van der Waals surface area contributed by atoms with Gasteiger partial charge in [-0.25, -0.2) is 4.79 Å². The topological polar surface area (TPSA) is 99.1 Å². The maximum Gasteiger partial charge on any atom is 0.331 e. The van der Waals surface area contributed by atoms with E-state index in [1.807, 2.05) is 6.92 Å². The van der Waals surface area contributed by atoms with Crippen LogP contribution in [0.2, 0.25) is 0 Å². The molecule has 21 heavy (non-hydrogen) atoms. The van der Waals surface area contributed by atoms with Crippen molar-refractivity contribution in [3.05, 3.63) is 56.9 Å². The van der Waals surface area contributed by atoms with Crippen molar-refractivity contribution in [1.82, 2.24) is 9.13 Å². The van der Waals surface area contributed by atoms with E-state index in [9.17, 15) is 14.4 Å². The first-order chi connectivity index (χ1) is 9.88. The molecule has 0 saturated heterocycles. The van der Waals surface area contributed by atoms with Gasteiger partial charge in [-0.1, -0.05) is 6.07 Å². The summed E-state index contributed by atoms with van der Waals surface area (Å²) in [6.45, 7) is 1.51. The van der Waals surface area contributed by atoms with Crippen molar-refractivity contribution < 1.29 is 4.79 Å². The summed E-state index contributed by atoms with van der Waals surface area (Å²) in [7, 11) is 1.51. The van der Waals surface area contributed by atoms with Crippen LogP contribution >= 0.6 is 0 Å². The Kier molecular flexibility index (Phi) is 3.93. The highest BCUT2D eigenvalue weighted by Crippen LogP contribution is 2.16. The molecule has 2 aromatic rings. The van der Waals surface area contributed by atoms with Crippen molar-refractivity contribution >= 4 is 17.3 Å². The van der Waals surface area contributed by atoms with Gasteiger partial charge >= 0.3 is 5.69 Å². The molecule has 0 aliphatic heterocycles. The Hall–Kier alpha value is -2.83. The molecule has 0 unspecified atom stereocenters. The highest BCUT2D eigenvalue weighted by atomic mass is 16.2. The monoisotopic (exact) mass is 288 g/mol. The van der Waals surface area contributed by atoms with Crippen molar-refractivity contribution in [3.63, 3.8) is 0 Å². The van der Waals surface area contributed by atoms with Gasteiger partial charge < -0.3 is 15.6 Å². The van der Waals surface area contributed by atoms with Crippen LogP contribution in [-0.4, -0.2) is 15.0 Å². The summed E-state index contributed by atoms with van der Waals surface area (Å²) in [6.07, 6.45) is 1.36. The highest BCUT2D eigenvalue weighted by molar-refractivity contribution is 5.91. The lowest BCUT2D eigenvalue weighted by Crippen LogP contribution is -2.40. The molecule has 0 aliphatic carbocycles. The first-order valence-corrected chi connectivity index (χ1v) is 6.31. The number of carbonyl (C=O) groups is 1. The second-order valence-corrected chi connectivity index (χ2v) is 4.75. The quantitative estimate of drug-likeness (QED) is 0.781. The lowest BCUT2D eigenvalue weighted by atomic mass is 10.2. The average Bonchev–Trinajstić information content (AvgIpc) is 2.43. The maximum atomic E-state index is 11.9. The molecule has 7 nitrogen and oxygen atoms in total. The molecule has 3 N–H and O–H groups in total. The molecule has 110 valence electrons. The number of amides is 1. The number of carbonyl (C=O) groups excluding carboxylic acids is 1. The fraction of sp³-hybridized carbons (Fsp3) is 0.214. The number of nitrogens with zero attached hydrogens (tertiary/aromatic N) is 2. The molecular weight excluding hydrogens is 272 g/mol. The number of nitrogens with one attached hydrogen (secondary N) is 1. The summed E-state index contributed by atoms with van der Waals surface area (Å²) in [4.78, 5) is 35.4. The molecule has 2 rings (SSSR count). The van der Waals surface area contributed by atoms with Crippen LogP contribution in [0.25, 0.3) is 0 Å². The van der Waals surface area contributed by atoms with Gasteiger partial charge in [0.2, 0.25) is 5.91 Å². The molecular formula is C14H16N4O3. The van der Waals surface area contributed by atoms with Gasteiger partial charge in [0.05, 0.1) is 0 Å². The maximum absolute atomic E-state index is 11.9. The van der Waals surface area contributed by atoms with Gasteiger partial charge in [0.25, 0.3) is 5.56 Å². The number of benzene rings is 1. The molecule has 0 spiro atoms. The van der Waals surface area contributed by atoms with E-state index in [1.54, 1.807) is 18.2 Å². The summed E-state index contributed by atoms with van der Waals surface area (Å²) in [5.41, 5.74) is 6.68. The SMILES string of the molecule is Cc1ccc(NC(=O)Cn2c(=O)ccn(C)c2=O)cc1N. The van der Waals surface area contributed by atoms with Crippen molar-refractivity contribution in [2.24, 2.45) is 7.05 Å². The molecule has 0 aliphatic rings. The minimum atomic E-state index is -0.541. The van der Waals surface area contributed by atoms with Gasteiger partial charge in [-0.15, -0.1) is 0 Å². The number of anilines is 2. The predicted octanol–water partition coefficient (Wildman–Crippen LogP) is 0.0763. The third kappa shape index (κ3) is 3.19. The summed E-state index contributed by atoms with van der Waals surface area (Å²) in [6, 6.07) is 6.34. The van der Waals surface area contributed by atoms with Crippen molar-refractivity contribution in [3.8, 4) is 0 Å². The van der Waals surface area contributed by atoms with Crippen LogP contribution in [-0.2, 0) is 18.4 Å². The number of aryl methyl sites for hydroxylation is 2. The summed E-state index contributed by atoms with van der Waals surface area (Å²) in [5.74, 6) is -0.469. The zero-order chi connectivity index (χ0) is 15.6. The van der Waals surface area contributed by atoms with Gasteiger partial charge in [-0.05, 0) is 24.6 Å². The van der Waals surface area contributed by atoms with Crippen LogP contribution < -0.4 is 22.3 Å². The fourth-order valence-electron chi connectivity index (χ4n) is 1.82. The first-order valence-electron chi connectivity index (χ1n) is 6.31. The Bertz CT molecular complexity index is 805. The van der Waals surface area contributed by atoms with E-state index in [4.69, 9.17) is 5.73 Å². The first kappa shape index (κ1) is 14.6. The minimum Gasteiger partial charge on any atom is -0.398 e. The summed E-state index contributed by atoms with van der Waals surface area (Å²) in [5, 5.41) is 2.61. The van der Waals surface area contributed by atoms with E-state index >= 15 is 0 Å². The van der Waals surface area contributed by atoms with Crippen molar-refractivity contribution in [2.75, 3.05) is 11.1 Å². The summed E-state index contributed by atoms with van der Waals surface area (Å²) >= 11 is 0. The molecule has 0 saturated carbocycles. The lowest BCUT2D eigenvalue weighted by molar-refractivity contribution is -0.116. The van der Waals surface area contributed by atoms with Crippen LogP contribution in [0, 0.1) is 6.92 Å². The Labute approximate surface area is 120 Å². The lowest BCUT2D eigenvalue weighted by Gasteiger charge is -2.09. The van der Waals surface area contributed by atoms with E-state index in [1.165, 1.54) is 23.9 Å². The number of hydrogen-bond acceptors (Lipinski definition) is 4. The molecule has 7 heteroatoms. The van der Waals surface area contributed by atoms with E-state index in [-0.39, 0.29) is 6.54 Å². The summed E-state index contributed by atoms with van der Waals surface area (Å²) < 4.78 is 2.10. The number of rotatable bonds is 3. The molecule has 1 aromatic heterocycles. The smallest absolute Gasteiger partial charge is 0.331 e. The predicted molar refractivity (Wildman–Crippen MR) is 80.2 cm³/mol. The second-order valence-electron chi connectivity index (χ2n) is 4.75. The van der Waals surface area contributed by atoms with E-state index in [2.05, 4.69) is 5.32 Å². The third-order valence-electron chi connectivity index (χ3n) is 3.10. The van der Waals surface area contributed by atoms with Crippen LogP contribution in [0.15, 0.2) is 40.1 Å². The largest absolute Gasteiger partial charge is 0.398 e. The highest BCUT2D eigenvalue weighted by Gasteiger charge is 2.09. The van der Waals surface area contributed by atoms with Crippen molar-refractivity contribution in [1.29, 1.82) is 0 Å². The average molecular weight is 288 g/mol. The number of nitrogens with two attached hydrogens (primary N) is 1. The molecule has 1 heterocycles. The zero-order valence-corrected chi connectivity index (χ0v) is 11.8. The Morgan fingerprint density at radius 3 is 2.67 bits per heavy atom. The van der Waals surface area contributed by atoms with E-state index in [0.29, 0.717) is 11.4 Å². The normalized spacial score (nSPS) is 10.4. The Morgan fingerprint density at radius 2 is 2.00 bits per heavy atom. The van der Waals surface area contributed by atoms with E-state index in [0.717, 1.165) is 10.1 Å². The second kappa shape index (κ2) is 5.66. The van der Waals surface area contributed by atoms with Gasteiger partial charge in [0.1, 0.15) is 6.54 Å².